The number of ether oxygens (including phenoxy) is 2. The lowest BCUT2D eigenvalue weighted by Gasteiger charge is -2.15. The van der Waals surface area contributed by atoms with Crippen LogP contribution in [0.5, 0.6) is 17.2 Å². The zero-order chi connectivity index (χ0) is 27.8. The van der Waals surface area contributed by atoms with E-state index in [1.165, 1.54) is 24.1 Å². The molecule has 0 aromatic heterocycles. The predicted octanol–water partition coefficient (Wildman–Crippen LogP) is 8.24. The highest BCUT2D eigenvalue weighted by molar-refractivity contribution is 9.10. The Bertz CT molecular complexity index is 1520. The molecule has 0 spiro atoms. The minimum atomic E-state index is -4.76. The van der Waals surface area contributed by atoms with E-state index >= 15 is 0 Å². The maximum Gasteiger partial charge on any atom is 0.416 e. The minimum Gasteiger partial charge on any atom is -0.493 e. The van der Waals surface area contributed by atoms with Crippen molar-refractivity contribution < 1.29 is 32.4 Å². The van der Waals surface area contributed by atoms with E-state index < -0.39 is 28.1 Å². The molecule has 0 bridgehead atoms. The lowest BCUT2D eigenvalue weighted by molar-refractivity contribution is -0.385. The normalized spacial score (nSPS) is 14.8. The Balaban J connectivity index is 1.62. The molecule has 1 aliphatic heterocycles. The van der Waals surface area contributed by atoms with Gasteiger partial charge in [0.2, 0.25) is 5.75 Å². The van der Waals surface area contributed by atoms with Crippen LogP contribution in [0.25, 0.3) is 6.08 Å². The molecule has 3 aromatic rings. The Morgan fingerprint density at radius 1 is 1.11 bits per heavy atom. The van der Waals surface area contributed by atoms with Crippen LogP contribution >= 0.6 is 51.5 Å². The number of rotatable bonds is 6. The number of nitrogens with zero attached hydrogens (tertiary/aromatic N) is 2. The summed E-state index contributed by atoms with van der Waals surface area (Å²) in [4.78, 5) is 25.2. The Labute approximate surface area is 236 Å². The Morgan fingerprint density at radius 2 is 1.82 bits per heavy atom. The summed E-state index contributed by atoms with van der Waals surface area (Å²) in [7, 11) is 1.32. The molecule has 0 atom stereocenters. The van der Waals surface area contributed by atoms with Gasteiger partial charge in [-0.15, -0.1) is 0 Å². The lowest BCUT2D eigenvalue weighted by Crippen LogP contribution is -2.27. The van der Waals surface area contributed by atoms with Gasteiger partial charge in [0, 0.05) is 10.5 Å². The van der Waals surface area contributed by atoms with Crippen molar-refractivity contribution in [2.24, 2.45) is 0 Å². The van der Waals surface area contributed by atoms with Crippen LogP contribution in [0, 0.1) is 10.1 Å². The summed E-state index contributed by atoms with van der Waals surface area (Å²) in [5.41, 5.74) is -1.02. The molecule has 38 heavy (non-hydrogen) atoms. The fourth-order valence-corrected chi connectivity index (χ4v) is 5.09. The highest BCUT2D eigenvalue weighted by Gasteiger charge is 2.35. The standard InChI is InChI=1S/C24H13BrClF3N2O5S2/c1-35-20-8-12(9-21-22(32)30(23(37)38-21)14-4-5-15(25)16(26)11-14)2-6-19(20)36-18-7-3-13(24(27,28)29)10-17(18)31(33)34/h2-11H,1H3/b21-9+. The third-order valence-corrected chi connectivity index (χ3v) is 7.68. The molecule has 1 saturated heterocycles. The van der Waals surface area contributed by atoms with E-state index in [4.69, 9.17) is 33.3 Å². The first kappa shape index (κ1) is 27.9. The van der Waals surface area contributed by atoms with Crippen LogP contribution in [0.4, 0.5) is 24.5 Å². The maximum atomic E-state index is 13.1. The molecule has 1 amide bonds. The first-order valence-corrected chi connectivity index (χ1v) is 12.7. The fraction of sp³-hybridized carbons (Fsp3) is 0.0833. The molecule has 0 N–H and O–H groups in total. The second-order valence-corrected chi connectivity index (χ2v) is 10.5. The quantitative estimate of drug-likeness (QED) is 0.116. The number of carbonyl (C=O) groups is 1. The SMILES string of the molecule is COc1cc(/C=C2/SC(=S)N(c3ccc(Br)c(Cl)c3)C2=O)ccc1Oc1ccc(C(F)(F)F)cc1[N+](=O)[O-]. The maximum absolute atomic E-state index is 13.1. The van der Waals surface area contributed by atoms with Gasteiger partial charge < -0.3 is 9.47 Å². The number of anilines is 1. The Hall–Kier alpha value is -3.13. The average molecular weight is 646 g/mol. The monoisotopic (exact) mass is 644 g/mol. The molecule has 196 valence electrons. The molecule has 0 aliphatic carbocycles. The van der Waals surface area contributed by atoms with Gasteiger partial charge in [-0.2, -0.15) is 13.2 Å². The Kier molecular flexibility index (Phi) is 8.02. The van der Waals surface area contributed by atoms with E-state index in [2.05, 4.69) is 15.9 Å². The van der Waals surface area contributed by atoms with E-state index in [-0.39, 0.29) is 17.4 Å². The number of amides is 1. The van der Waals surface area contributed by atoms with Crippen LogP contribution in [-0.4, -0.2) is 22.3 Å². The molecule has 1 fully saturated rings. The van der Waals surface area contributed by atoms with Crippen molar-refractivity contribution in [3.63, 3.8) is 0 Å². The molecular formula is C24H13BrClF3N2O5S2. The number of benzene rings is 3. The van der Waals surface area contributed by atoms with Gasteiger partial charge in [-0.05, 0) is 70.0 Å². The van der Waals surface area contributed by atoms with Crippen LogP contribution < -0.4 is 14.4 Å². The van der Waals surface area contributed by atoms with Gasteiger partial charge in [-0.1, -0.05) is 41.6 Å². The lowest BCUT2D eigenvalue weighted by atomic mass is 10.1. The summed E-state index contributed by atoms with van der Waals surface area (Å²) in [6.07, 6.45) is -3.18. The van der Waals surface area contributed by atoms with Crippen molar-refractivity contribution in [3.8, 4) is 17.2 Å². The van der Waals surface area contributed by atoms with Gasteiger partial charge in [0.15, 0.2) is 15.8 Å². The number of thiocarbonyl (C=S) groups is 1. The topological polar surface area (TPSA) is 81.9 Å². The average Bonchev–Trinajstić information content (AvgIpc) is 3.13. The van der Waals surface area contributed by atoms with Crippen molar-refractivity contribution in [2.75, 3.05) is 12.0 Å². The predicted molar refractivity (Wildman–Crippen MR) is 146 cm³/mol. The number of alkyl halides is 3. The molecule has 0 saturated carbocycles. The van der Waals surface area contributed by atoms with E-state index in [0.717, 1.165) is 17.8 Å². The number of hydrogen-bond acceptors (Lipinski definition) is 7. The molecule has 1 aliphatic rings. The van der Waals surface area contributed by atoms with Crippen molar-refractivity contribution in [3.05, 3.63) is 90.2 Å². The van der Waals surface area contributed by atoms with E-state index in [9.17, 15) is 28.1 Å². The van der Waals surface area contributed by atoms with Gasteiger partial charge in [0.1, 0.15) is 0 Å². The second-order valence-electron chi connectivity index (χ2n) is 7.57. The van der Waals surface area contributed by atoms with E-state index in [0.29, 0.717) is 42.1 Å². The van der Waals surface area contributed by atoms with Gasteiger partial charge in [0.05, 0.1) is 33.2 Å². The van der Waals surface area contributed by atoms with Crippen LogP contribution in [0.3, 0.4) is 0 Å². The fourth-order valence-electron chi connectivity index (χ4n) is 3.37. The molecule has 7 nitrogen and oxygen atoms in total. The number of nitro benzene ring substituents is 1. The summed E-state index contributed by atoms with van der Waals surface area (Å²) >= 11 is 15.9. The second kappa shape index (κ2) is 10.9. The van der Waals surface area contributed by atoms with Crippen LogP contribution in [0.1, 0.15) is 11.1 Å². The van der Waals surface area contributed by atoms with Crippen molar-refractivity contribution in [1.82, 2.24) is 0 Å². The molecule has 0 unspecified atom stereocenters. The molecule has 3 aromatic carbocycles. The molecule has 0 radical (unpaired) electrons. The van der Waals surface area contributed by atoms with Gasteiger partial charge >= 0.3 is 11.9 Å². The minimum absolute atomic E-state index is 0.0181. The number of nitro groups is 1. The number of halogens is 5. The largest absolute Gasteiger partial charge is 0.493 e. The zero-order valence-corrected chi connectivity index (χ0v) is 22.9. The van der Waals surface area contributed by atoms with Gasteiger partial charge in [-0.3, -0.25) is 19.8 Å². The molecule has 14 heteroatoms. The summed E-state index contributed by atoms with van der Waals surface area (Å²) < 4.78 is 50.8. The third-order valence-electron chi connectivity index (χ3n) is 5.14. The Morgan fingerprint density at radius 3 is 2.45 bits per heavy atom. The van der Waals surface area contributed by atoms with Crippen molar-refractivity contribution in [2.45, 2.75) is 6.18 Å². The number of hydrogen-bond donors (Lipinski definition) is 0. The first-order chi connectivity index (χ1) is 17.9. The van der Waals surface area contributed by atoms with Gasteiger partial charge in [0.25, 0.3) is 5.91 Å². The number of thioether (sulfide) groups is 1. The van der Waals surface area contributed by atoms with Crippen LogP contribution in [0.15, 0.2) is 64.0 Å². The van der Waals surface area contributed by atoms with Crippen LogP contribution in [-0.2, 0) is 11.0 Å². The number of carbonyl (C=O) groups excluding carboxylic acids is 1. The molecule has 4 rings (SSSR count). The van der Waals surface area contributed by atoms with Gasteiger partial charge in [-0.25, -0.2) is 0 Å². The van der Waals surface area contributed by atoms with E-state index in [1.54, 1.807) is 30.3 Å². The highest BCUT2D eigenvalue weighted by Crippen LogP contribution is 2.42. The van der Waals surface area contributed by atoms with Crippen molar-refractivity contribution >= 4 is 79.2 Å². The summed E-state index contributed by atoms with van der Waals surface area (Å²) in [5.74, 6) is -0.617. The summed E-state index contributed by atoms with van der Waals surface area (Å²) in [6, 6.07) is 11.4. The molecular weight excluding hydrogens is 633 g/mol. The smallest absolute Gasteiger partial charge is 0.416 e. The highest BCUT2D eigenvalue weighted by atomic mass is 79.9. The molecule has 1 heterocycles. The number of methoxy groups -OCH3 is 1. The third kappa shape index (κ3) is 5.80. The zero-order valence-electron chi connectivity index (χ0n) is 18.9. The van der Waals surface area contributed by atoms with E-state index in [1.807, 2.05) is 0 Å². The first-order valence-electron chi connectivity index (χ1n) is 10.3. The summed E-state index contributed by atoms with van der Waals surface area (Å²) in [5, 5.41) is 11.8. The summed E-state index contributed by atoms with van der Waals surface area (Å²) in [6.45, 7) is 0. The van der Waals surface area contributed by atoms with Crippen LogP contribution in [0.2, 0.25) is 5.02 Å². The van der Waals surface area contributed by atoms with Crippen molar-refractivity contribution in [1.29, 1.82) is 0 Å².